The van der Waals surface area contributed by atoms with Crippen LogP contribution < -0.4 is 10.2 Å². The fraction of sp³-hybridized carbons (Fsp3) is 0.654. The number of hydrogen-bond acceptors (Lipinski definition) is 6. The van der Waals surface area contributed by atoms with Crippen molar-refractivity contribution in [2.45, 2.75) is 70.6 Å². The van der Waals surface area contributed by atoms with Gasteiger partial charge in [-0.2, -0.15) is 5.06 Å². The first-order valence-electron chi connectivity index (χ1n) is 12.6. The van der Waals surface area contributed by atoms with Gasteiger partial charge in [0.25, 0.3) is 5.91 Å². The van der Waals surface area contributed by atoms with Crippen molar-refractivity contribution in [2.75, 3.05) is 32.1 Å². The van der Waals surface area contributed by atoms with Crippen molar-refractivity contribution in [2.24, 2.45) is 11.8 Å². The minimum absolute atomic E-state index is 0.0187. The number of hydroxylamine groups is 2. The Morgan fingerprint density at radius 2 is 1.76 bits per heavy atom. The molecule has 1 aromatic carbocycles. The summed E-state index contributed by atoms with van der Waals surface area (Å²) in [5, 5.41) is 4.49. The first-order chi connectivity index (χ1) is 16.3. The maximum atomic E-state index is 13.6. The number of nitrogens with one attached hydrogen (secondary N) is 1. The van der Waals surface area contributed by atoms with Crippen LogP contribution in [0.2, 0.25) is 0 Å². The lowest BCUT2D eigenvalue weighted by Gasteiger charge is -2.32. The van der Waals surface area contributed by atoms with Gasteiger partial charge in [-0.1, -0.05) is 45.2 Å². The SMILES string of the molecule is CC(C)CCNC(=O)CN1OC2C(=O)N(C3CCCCC3)C(=O)C2C1c1ccc(N(C)C)cc1. The van der Waals surface area contributed by atoms with E-state index in [0.717, 1.165) is 49.8 Å². The van der Waals surface area contributed by atoms with Gasteiger partial charge in [0.15, 0.2) is 6.10 Å². The molecule has 2 aliphatic heterocycles. The van der Waals surface area contributed by atoms with Crippen LogP contribution in [0, 0.1) is 11.8 Å². The van der Waals surface area contributed by atoms with Crippen LogP contribution in [0.25, 0.3) is 0 Å². The fourth-order valence-electron chi connectivity index (χ4n) is 5.37. The summed E-state index contributed by atoms with van der Waals surface area (Å²) in [7, 11) is 3.94. The number of benzene rings is 1. The topological polar surface area (TPSA) is 82.2 Å². The van der Waals surface area contributed by atoms with Crippen LogP contribution in [0.5, 0.6) is 0 Å². The van der Waals surface area contributed by atoms with E-state index in [-0.39, 0.29) is 30.3 Å². The number of hydrogen-bond donors (Lipinski definition) is 1. The summed E-state index contributed by atoms with van der Waals surface area (Å²) < 4.78 is 0. The maximum Gasteiger partial charge on any atom is 0.261 e. The van der Waals surface area contributed by atoms with E-state index in [0.29, 0.717) is 12.5 Å². The molecule has 0 bridgehead atoms. The lowest BCUT2D eigenvalue weighted by molar-refractivity contribution is -0.183. The van der Waals surface area contributed by atoms with E-state index >= 15 is 0 Å². The van der Waals surface area contributed by atoms with Crippen molar-refractivity contribution in [3.05, 3.63) is 29.8 Å². The number of likely N-dealkylation sites (tertiary alicyclic amines) is 1. The smallest absolute Gasteiger partial charge is 0.261 e. The molecule has 186 valence electrons. The highest BCUT2D eigenvalue weighted by Crippen LogP contribution is 2.46. The van der Waals surface area contributed by atoms with Gasteiger partial charge in [0, 0.05) is 32.4 Å². The van der Waals surface area contributed by atoms with Gasteiger partial charge in [0.1, 0.15) is 6.54 Å². The molecule has 3 amide bonds. The molecular weight excluding hydrogens is 432 g/mol. The third-order valence-electron chi connectivity index (χ3n) is 7.26. The average molecular weight is 471 g/mol. The number of imide groups is 1. The van der Waals surface area contributed by atoms with Gasteiger partial charge in [0.2, 0.25) is 11.8 Å². The van der Waals surface area contributed by atoms with Crippen molar-refractivity contribution < 1.29 is 19.2 Å². The second kappa shape index (κ2) is 10.4. The summed E-state index contributed by atoms with van der Waals surface area (Å²) in [6.07, 6.45) is 4.97. The highest BCUT2D eigenvalue weighted by molar-refractivity contribution is 6.07. The normalized spacial score (nSPS) is 25.8. The predicted molar refractivity (Wildman–Crippen MR) is 130 cm³/mol. The van der Waals surface area contributed by atoms with Crippen LogP contribution in [-0.4, -0.2) is 67.0 Å². The summed E-state index contributed by atoms with van der Waals surface area (Å²) in [6, 6.07) is 7.40. The molecular formula is C26H38N4O4. The van der Waals surface area contributed by atoms with Crippen LogP contribution in [0.1, 0.15) is 64.0 Å². The Morgan fingerprint density at radius 1 is 1.09 bits per heavy atom. The predicted octanol–water partition coefficient (Wildman–Crippen LogP) is 2.89. The Morgan fingerprint density at radius 3 is 2.38 bits per heavy atom. The van der Waals surface area contributed by atoms with Crippen molar-refractivity contribution in [1.29, 1.82) is 0 Å². The summed E-state index contributed by atoms with van der Waals surface area (Å²) in [4.78, 5) is 49.2. The van der Waals surface area contributed by atoms with Crippen molar-refractivity contribution >= 4 is 23.4 Å². The lowest BCUT2D eigenvalue weighted by atomic mass is 9.90. The number of rotatable bonds is 8. The molecule has 0 spiro atoms. The van der Waals surface area contributed by atoms with E-state index in [2.05, 4.69) is 19.2 Å². The highest BCUT2D eigenvalue weighted by Gasteiger charge is 2.60. The molecule has 0 aromatic heterocycles. The van der Waals surface area contributed by atoms with Crippen molar-refractivity contribution in [3.63, 3.8) is 0 Å². The standard InChI is InChI=1S/C26H38N4O4/c1-17(2)14-15-27-21(31)16-29-23(18-10-12-19(13-11-18)28(3)4)22-24(34-29)26(33)30(25(22)32)20-8-6-5-7-9-20/h10-13,17,20,22-24H,5-9,14-16H2,1-4H3,(H,27,31). The molecule has 0 radical (unpaired) electrons. The van der Waals surface area contributed by atoms with Crippen molar-refractivity contribution in [1.82, 2.24) is 15.3 Å². The zero-order chi connectivity index (χ0) is 24.4. The monoisotopic (exact) mass is 470 g/mol. The molecule has 2 heterocycles. The number of carbonyl (C=O) groups excluding carboxylic acids is 3. The Kier molecular flexibility index (Phi) is 7.57. The number of anilines is 1. The van der Waals surface area contributed by atoms with Crippen LogP contribution in [0.4, 0.5) is 5.69 Å². The summed E-state index contributed by atoms with van der Waals surface area (Å²) in [6.45, 7) is 4.79. The molecule has 1 saturated carbocycles. The zero-order valence-electron chi connectivity index (χ0n) is 20.8. The Hall–Kier alpha value is -2.45. The number of carbonyl (C=O) groups is 3. The number of fused-ring (bicyclic) bond motifs is 1. The van der Waals surface area contributed by atoms with Gasteiger partial charge in [-0.3, -0.25) is 24.1 Å². The summed E-state index contributed by atoms with van der Waals surface area (Å²) in [5.41, 5.74) is 1.91. The fourth-order valence-corrected chi connectivity index (χ4v) is 5.37. The molecule has 4 rings (SSSR count). The van der Waals surface area contributed by atoms with E-state index in [1.54, 1.807) is 5.06 Å². The molecule has 1 N–H and O–H groups in total. The first-order valence-corrected chi connectivity index (χ1v) is 12.6. The molecule has 3 atom stereocenters. The minimum atomic E-state index is -0.864. The quantitative estimate of drug-likeness (QED) is 0.589. The van der Waals surface area contributed by atoms with Crippen LogP contribution in [0.3, 0.4) is 0 Å². The Labute approximate surface area is 202 Å². The summed E-state index contributed by atoms with van der Waals surface area (Å²) in [5.74, 6) is -0.722. The van der Waals surface area contributed by atoms with Gasteiger partial charge in [-0.25, -0.2) is 0 Å². The van der Waals surface area contributed by atoms with E-state index in [4.69, 9.17) is 4.84 Å². The van der Waals surface area contributed by atoms with Gasteiger partial charge in [-0.05, 0) is 42.9 Å². The Bertz CT molecular complexity index is 895. The molecule has 1 aromatic rings. The van der Waals surface area contributed by atoms with Gasteiger partial charge in [0.05, 0.1) is 12.0 Å². The molecule has 2 saturated heterocycles. The van der Waals surface area contributed by atoms with Gasteiger partial charge < -0.3 is 10.2 Å². The lowest BCUT2D eigenvalue weighted by Crippen LogP contribution is -2.45. The molecule has 1 aliphatic carbocycles. The average Bonchev–Trinajstić information content (AvgIpc) is 3.29. The highest BCUT2D eigenvalue weighted by atomic mass is 16.7. The second-order valence-electron chi connectivity index (χ2n) is 10.4. The van der Waals surface area contributed by atoms with Gasteiger partial charge in [-0.15, -0.1) is 0 Å². The van der Waals surface area contributed by atoms with E-state index in [1.807, 2.05) is 43.3 Å². The zero-order valence-corrected chi connectivity index (χ0v) is 20.8. The van der Waals surface area contributed by atoms with Crippen LogP contribution in [0.15, 0.2) is 24.3 Å². The molecule has 8 heteroatoms. The van der Waals surface area contributed by atoms with E-state index < -0.39 is 18.1 Å². The maximum absolute atomic E-state index is 13.6. The van der Waals surface area contributed by atoms with E-state index in [1.165, 1.54) is 4.90 Å². The minimum Gasteiger partial charge on any atom is -0.378 e. The third-order valence-corrected chi connectivity index (χ3v) is 7.26. The first kappa shape index (κ1) is 24.7. The molecule has 3 fully saturated rings. The Balaban J connectivity index is 1.57. The van der Waals surface area contributed by atoms with Crippen molar-refractivity contribution in [3.8, 4) is 0 Å². The molecule has 8 nitrogen and oxygen atoms in total. The second-order valence-corrected chi connectivity index (χ2v) is 10.4. The van der Waals surface area contributed by atoms with E-state index in [9.17, 15) is 14.4 Å². The molecule has 3 unspecified atom stereocenters. The van der Waals surface area contributed by atoms with Crippen LogP contribution in [-0.2, 0) is 19.2 Å². The molecule has 3 aliphatic rings. The summed E-state index contributed by atoms with van der Waals surface area (Å²) >= 11 is 0. The third kappa shape index (κ3) is 4.98. The largest absolute Gasteiger partial charge is 0.378 e. The van der Waals surface area contributed by atoms with Gasteiger partial charge >= 0.3 is 0 Å². The number of amides is 3. The molecule has 34 heavy (non-hydrogen) atoms. The number of nitrogens with zero attached hydrogens (tertiary/aromatic N) is 3. The van der Waals surface area contributed by atoms with Crippen LogP contribution >= 0.6 is 0 Å².